The van der Waals surface area contributed by atoms with Gasteiger partial charge in [0, 0.05) is 19.4 Å². The molecule has 16 heavy (non-hydrogen) atoms. The summed E-state index contributed by atoms with van der Waals surface area (Å²) in [5.74, 6) is -1.09. The molecule has 1 rings (SSSR count). The van der Waals surface area contributed by atoms with Crippen molar-refractivity contribution in [3.05, 3.63) is 0 Å². The van der Waals surface area contributed by atoms with Crippen molar-refractivity contribution in [2.24, 2.45) is 0 Å². The second-order valence-corrected chi connectivity index (χ2v) is 3.20. The third-order valence-electron chi connectivity index (χ3n) is 1.94. The minimum atomic E-state index is -1.08. The third-order valence-corrected chi connectivity index (χ3v) is 1.94. The molecule has 2 amide bonds. The first-order valence-corrected chi connectivity index (χ1v) is 4.96. The molecule has 0 spiro atoms. The summed E-state index contributed by atoms with van der Waals surface area (Å²) in [6.07, 6.45) is 0.0248. The van der Waals surface area contributed by atoms with Gasteiger partial charge in [-0.25, -0.2) is 4.79 Å². The predicted molar refractivity (Wildman–Crippen MR) is 49.8 cm³/mol. The van der Waals surface area contributed by atoms with Gasteiger partial charge in [-0.2, -0.15) is 0 Å². The molecule has 0 aromatic rings. The minimum absolute atomic E-state index is 0.0154. The summed E-state index contributed by atoms with van der Waals surface area (Å²) in [7, 11) is 0. The van der Waals surface area contributed by atoms with Crippen LogP contribution in [0.5, 0.6) is 0 Å². The first kappa shape index (κ1) is 12.4. The number of aliphatic hydroxyl groups is 1. The van der Waals surface area contributed by atoms with Crippen LogP contribution in [0.4, 0.5) is 4.79 Å². The Bertz CT molecular complexity index is 274. The van der Waals surface area contributed by atoms with E-state index in [9.17, 15) is 14.4 Å². The number of nitrogens with zero attached hydrogens (tertiary/aromatic N) is 1. The maximum atomic E-state index is 11.0. The fourth-order valence-electron chi connectivity index (χ4n) is 1.13. The summed E-state index contributed by atoms with van der Waals surface area (Å²) in [6.45, 7) is 0.0944. The van der Waals surface area contributed by atoms with Gasteiger partial charge in [-0.05, 0) is 12.8 Å². The largest absolute Gasteiger partial charge is 0.533 e. The Morgan fingerprint density at radius 2 is 1.88 bits per heavy atom. The van der Waals surface area contributed by atoms with E-state index in [1.807, 2.05) is 0 Å². The molecule has 0 aromatic carbocycles. The summed E-state index contributed by atoms with van der Waals surface area (Å²) < 4.78 is 4.58. The lowest BCUT2D eigenvalue weighted by Gasteiger charge is -2.12. The van der Waals surface area contributed by atoms with Crippen molar-refractivity contribution >= 4 is 18.0 Å². The highest BCUT2D eigenvalue weighted by molar-refractivity contribution is 6.01. The van der Waals surface area contributed by atoms with Crippen LogP contribution >= 0.6 is 0 Å². The number of ether oxygens (including phenoxy) is 1. The molecule has 0 aromatic heterocycles. The maximum absolute atomic E-state index is 11.0. The van der Waals surface area contributed by atoms with E-state index in [0.29, 0.717) is 17.9 Å². The van der Waals surface area contributed by atoms with Crippen LogP contribution in [0.25, 0.3) is 0 Å². The number of aliphatic hydroxyl groups excluding tert-OH is 1. The van der Waals surface area contributed by atoms with Gasteiger partial charge in [-0.15, -0.1) is 0 Å². The van der Waals surface area contributed by atoms with Gasteiger partial charge < -0.3 is 9.84 Å². The summed E-state index contributed by atoms with van der Waals surface area (Å²) in [6, 6.07) is 0. The number of hydrogen-bond acceptors (Lipinski definition) is 6. The van der Waals surface area contributed by atoms with Crippen LogP contribution in [0.2, 0.25) is 0 Å². The molecule has 90 valence electrons. The lowest BCUT2D eigenvalue weighted by molar-refractivity contribution is -0.177. The van der Waals surface area contributed by atoms with Crippen molar-refractivity contribution in [3.63, 3.8) is 0 Å². The highest BCUT2D eigenvalue weighted by Crippen LogP contribution is 2.12. The van der Waals surface area contributed by atoms with Crippen molar-refractivity contribution in [3.8, 4) is 0 Å². The Morgan fingerprint density at radius 1 is 1.25 bits per heavy atom. The molecule has 0 saturated carbocycles. The summed E-state index contributed by atoms with van der Waals surface area (Å²) in [5.41, 5.74) is 0. The quantitative estimate of drug-likeness (QED) is 0.406. The van der Waals surface area contributed by atoms with E-state index >= 15 is 0 Å². The normalized spacial score (nSPS) is 15.4. The van der Waals surface area contributed by atoms with Gasteiger partial charge in [0.05, 0.1) is 6.61 Å². The first-order chi connectivity index (χ1) is 7.65. The molecule has 0 bridgehead atoms. The first-order valence-electron chi connectivity index (χ1n) is 4.96. The molecule has 1 aliphatic rings. The van der Waals surface area contributed by atoms with Crippen LogP contribution in [0.1, 0.15) is 25.7 Å². The maximum Gasteiger partial charge on any atom is 0.533 e. The van der Waals surface area contributed by atoms with Crippen LogP contribution in [0.15, 0.2) is 0 Å². The monoisotopic (exact) mass is 231 g/mol. The summed E-state index contributed by atoms with van der Waals surface area (Å²) >= 11 is 0. The molecular formula is C9H13NO6. The second kappa shape index (κ2) is 6.06. The minimum Gasteiger partial charge on any atom is -0.433 e. The van der Waals surface area contributed by atoms with Crippen LogP contribution in [-0.2, 0) is 19.2 Å². The van der Waals surface area contributed by atoms with Crippen LogP contribution in [0, 0.1) is 0 Å². The second-order valence-electron chi connectivity index (χ2n) is 3.20. The van der Waals surface area contributed by atoms with Crippen molar-refractivity contribution in [2.75, 3.05) is 13.2 Å². The highest BCUT2D eigenvalue weighted by atomic mass is 16.8. The molecular weight excluding hydrogens is 218 g/mol. The van der Waals surface area contributed by atoms with Gasteiger partial charge in [0.2, 0.25) is 0 Å². The lowest BCUT2D eigenvalue weighted by Crippen LogP contribution is -2.32. The number of carbonyl (C=O) groups is 3. The molecule has 0 radical (unpaired) electrons. The molecule has 1 aliphatic heterocycles. The Kier molecular flexibility index (Phi) is 4.71. The van der Waals surface area contributed by atoms with Crippen molar-refractivity contribution in [1.82, 2.24) is 5.06 Å². The average Bonchev–Trinajstić information content (AvgIpc) is 2.56. The van der Waals surface area contributed by atoms with Gasteiger partial charge in [-0.3, -0.25) is 14.4 Å². The number of rotatable bonds is 5. The molecule has 7 heteroatoms. The molecule has 0 unspecified atom stereocenters. The van der Waals surface area contributed by atoms with Gasteiger partial charge in [0.15, 0.2) is 0 Å². The van der Waals surface area contributed by atoms with Gasteiger partial charge in [-0.1, -0.05) is 5.06 Å². The molecule has 7 nitrogen and oxygen atoms in total. The fraction of sp³-hybridized carbons (Fsp3) is 0.667. The van der Waals surface area contributed by atoms with Crippen molar-refractivity contribution < 1.29 is 29.1 Å². The number of imide groups is 1. The fourth-order valence-corrected chi connectivity index (χ4v) is 1.13. The number of hydrogen-bond donors (Lipinski definition) is 1. The highest BCUT2D eigenvalue weighted by Gasteiger charge is 2.33. The standard InChI is InChI=1S/C9H13NO6/c11-5-1-2-6-15-9(14)16-10-7(12)3-4-8(10)13/h11H,1-6H2. The van der Waals surface area contributed by atoms with Crippen molar-refractivity contribution in [2.45, 2.75) is 25.7 Å². The molecule has 0 atom stereocenters. The average molecular weight is 231 g/mol. The van der Waals surface area contributed by atoms with E-state index in [1.54, 1.807) is 0 Å². The zero-order valence-corrected chi connectivity index (χ0v) is 8.68. The Labute approximate surface area is 91.9 Å². The predicted octanol–water partition coefficient (Wildman–Crippen LogP) is -0.0239. The Balaban J connectivity index is 2.23. The zero-order chi connectivity index (χ0) is 12.0. The van der Waals surface area contributed by atoms with Gasteiger partial charge >= 0.3 is 6.16 Å². The third kappa shape index (κ3) is 3.50. The molecule has 1 N–H and O–H groups in total. The Hall–Kier alpha value is -1.63. The molecule has 1 heterocycles. The van der Waals surface area contributed by atoms with Gasteiger partial charge in [0.25, 0.3) is 11.8 Å². The topological polar surface area (TPSA) is 93.1 Å². The smallest absolute Gasteiger partial charge is 0.433 e. The van der Waals surface area contributed by atoms with E-state index in [0.717, 1.165) is 0 Å². The van der Waals surface area contributed by atoms with Crippen molar-refractivity contribution in [1.29, 1.82) is 0 Å². The van der Waals surface area contributed by atoms with Gasteiger partial charge in [0.1, 0.15) is 0 Å². The SMILES string of the molecule is O=C(OCCCCO)ON1C(=O)CCC1=O. The summed E-state index contributed by atoms with van der Waals surface area (Å²) in [5, 5.41) is 8.89. The van der Waals surface area contributed by atoms with Crippen LogP contribution in [-0.4, -0.2) is 41.4 Å². The number of hydroxylamine groups is 2. The lowest BCUT2D eigenvalue weighted by atomic mass is 10.3. The molecule has 1 fully saturated rings. The molecule has 1 saturated heterocycles. The number of unbranched alkanes of at least 4 members (excludes halogenated alkanes) is 1. The Morgan fingerprint density at radius 3 is 2.44 bits per heavy atom. The van der Waals surface area contributed by atoms with E-state index in [2.05, 4.69) is 9.57 Å². The van der Waals surface area contributed by atoms with Crippen LogP contribution in [0.3, 0.4) is 0 Å². The zero-order valence-electron chi connectivity index (χ0n) is 8.68. The number of amides is 2. The molecule has 0 aliphatic carbocycles. The number of carbonyl (C=O) groups excluding carboxylic acids is 3. The van der Waals surface area contributed by atoms with Crippen LogP contribution < -0.4 is 0 Å². The van der Waals surface area contributed by atoms with E-state index in [-0.39, 0.29) is 26.1 Å². The summed E-state index contributed by atoms with van der Waals surface area (Å²) in [4.78, 5) is 37.5. The van der Waals surface area contributed by atoms with E-state index < -0.39 is 18.0 Å². The van der Waals surface area contributed by atoms with E-state index in [4.69, 9.17) is 5.11 Å². The van der Waals surface area contributed by atoms with E-state index in [1.165, 1.54) is 0 Å².